The van der Waals surface area contributed by atoms with Crippen LogP contribution in [0.4, 0.5) is 0 Å². The molecule has 1 rings (SSSR count). The van der Waals surface area contributed by atoms with E-state index in [2.05, 4.69) is 12.1 Å². The lowest BCUT2D eigenvalue weighted by Crippen LogP contribution is -2.17. The SMILES string of the molecule is CCOCC(O)CSCc1ccccc1. The Bertz CT molecular complexity index is 251. The highest BCUT2D eigenvalue weighted by Gasteiger charge is 2.03. The van der Waals surface area contributed by atoms with Crippen molar-refractivity contribution >= 4 is 11.8 Å². The number of aliphatic hydroxyl groups is 1. The van der Waals surface area contributed by atoms with Crippen molar-refractivity contribution in [1.29, 1.82) is 0 Å². The molecule has 1 N–H and O–H groups in total. The fourth-order valence-corrected chi connectivity index (χ4v) is 2.10. The Balaban J connectivity index is 2.11. The van der Waals surface area contributed by atoms with Crippen LogP contribution in [0, 0.1) is 0 Å². The Kier molecular flexibility index (Phi) is 6.48. The van der Waals surface area contributed by atoms with E-state index in [1.54, 1.807) is 11.8 Å². The second-order valence-corrected chi connectivity index (χ2v) is 4.34. The van der Waals surface area contributed by atoms with Gasteiger partial charge in [-0.1, -0.05) is 30.3 Å². The molecule has 2 nitrogen and oxygen atoms in total. The second-order valence-electron chi connectivity index (χ2n) is 3.31. The van der Waals surface area contributed by atoms with E-state index in [1.807, 2.05) is 25.1 Å². The first-order chi connectivity index (χ1) is 7.33. The third-order valence-electron chi connectivity index (χ3n) is 1.94. The molecule has 1 aromatic carbocycles. The van der Waals surface area contributed by atoms with Crippen LogP contribution in [0.3, 0.4) is 0 Å². The van der Waals surface area contributed by atoms with Gasteiger partial charge in [0.25, 0.3) is 0 Å². The summed E-state index contributed by atoms with van der Waals surface area (Å²) < 4.78 is 5.13. The first kappa shape index (κ1) is 12.6. The fraction of sp³-hybridized carbons (Fsp3) is 0.500. The summed E-state index contributed by atoms with van der Waals surface area (Å²) in [5.41, 5.74) is 1.30. The molecule has 0 aliphatic rings. The maximum Gasteiger partial charge on any atom is 0.0863 e. The van der Waals surface area contributed by atoms with Gasteiger partial charge in [-0.2, -0.15) is 11.8 Å². The molecular weight excluding hydrogens is 208 g/mol. The summed E-state index contributed by atoms with van der Waals surface area (Å²) in [5, 5.41) is 9.51. The first-order valence-corrected chi connectivity index (χ1v) is 6.36. The summed E-state index contributed by atoms with van der Waals surface area (Å²) in [4.78, 5) is 0. The first-order valence-electron chi connectivity index (χ1n) is 5.20. The minimum absolute atomic E-state index is 0.348. The van der Waals surface area contributed by atoms with Crippen LogP contribution in [0.1, 0.15) is 12.5 Å². The Morgan fingerprint density at radius 3 is 2.73 bits per heavy atom. The molecule has 1 aromatic rings. The van der Waals surface area contributed by atoms with Gasteiger partial charge in [-0.05, 0) is 12.5 Å². The lowest BCUT2D eigenvalue weighted by atomic mass is 10.2. The molecule has 0 aromatic heterocycles. The van der Waals surface area contributed by atoms with Crippen LogP contribution in [0.15, 0.2) is 30.3 Å². The number of aliphatic hydroxyl groups excluding tert-OH is 1. The molecule has 84 valence electrons. The zero-order valence-electron chi connectivity index (χ0n) is 9.06. The number of thioether (sulfide) groups is 1. The van der Waals surface area contributed by atoms with E-state index < -0.39 is 0 Å². The van der Waals surface area contributed by atoms with E-state index >= 15 is 0 Å². The summed E-state index contributed by atoms with van der Waals surface area (Å²) >= 11 is 1.73. The monoisotopic (exact) mass is 226 g/mol. The van der Waals surface area contributed by atoms with Crippen LogP contribution >= 0.6 is 11.8 Å². The van der Waals surface area contributed by atoms with Crippen molar-refractivity contribution < 1.29 is 9.84 Å². The molecular formula is C12H18O2S. The predicted molar refractivity (Wildman–Crippen MR) is 65.1 cm³/mol. The predicted octanol–water partition coefficient (Wildman–Crippen LogP) is 2.32. The Morgan fingerprint density at radius 1 is 1.33 bits per heavy atom. The summed E-state index contributed by atoms with van der Waals surface area (Å²) in [6.07, 6.45) is -0.348. The third kappa shape index (κ3) is 5.82. The summed E-state index contributed by atoms with van der Waals surface area (Å²) in [7, 11) is 0. The van der Waals surface area contributed by atoms with E-state index in [0.29, 0.717) is 13.2 Å². The molecule has 0 amide bonds. The maximum atomic E-state index is 9.51. The van der Waals surface area contributed by atoms with Crippen LogP contribution in [0.5, 0.6) is 0 Å². The number of hydrogen-bond donors (Lipinski definition) is 1. The molecule has 0 spiro atoms. The van der Waals surface area contributed by atoms with Crippen molar-refractivity contribution in [2.75, 3.05) is 19.0 Å². The minimum atomic E-state index is -0.348. The van der Waals surface area contributed by atoms with Gasteiger partial charge in [-0.3, -0.25) is 0 Å². The lowest BCUT2D eigenvalue weighted by molar-refractivity contribution is 0.0551. The molecule has 0 aliphatic carbocycles. The fourth-order valence-electron chi connectivity index (χ4n) is 1.19. The van der Waals surface area contributed by atoms with Gasteiger partial charge < -0.3 is 9.84 Å². The molecule has 0 radical (unpaired) electrons. The standard InChI is InChI=1S/C12H18O2S/c1-2-14-8-12(13)10-15-9-11-6-4-3-5-7-11/h3-7,12-13H,2,8-10H2,1H3. The van der Waals surface area contributed by atoms with Crippen molar-refractivity contribution in [3.63, 3.8) is 0 Å². The van der Waals surface area contributed by atoms with Crippen molar-refractivity contribution in [3.8, 4) is 0 Å². The summed E-state index contributed by atoms with van der Waals surface area (Å²) in [5.74, 6) is 1.68. The largest absolute Gasteiger partial charge is 0.390 e. The molecule has 0 bridgehead atoms. The second kappa shape index (κ2) is 7.74. The number of rotatable bonds is 7. The molecule has 0 saturated heterocycles. The van der Waals surface area contributed by atoms with Crippen LogP contribution in [0.25, 0.3) is 0 Å². The average molecular weight is 226 g/mol. The number of benzene rings is 1. The molecule has 0 saturated carbocycles. The van der Waals surface area contributed by atoms with Gasteiger partial charge in [0.05, 0.1) is 12.7 Å². The lowest BCUT2D eigenvalue weighted by Gasteiger charge is -2.09. The van der Waals surface area contributed by atoms with Gasteiger partial charge in [0.1, 0.15) is 0 Å². The highest BCUT2D eigenvalue weighted by molar-refractivity contribution is 7.98. The van der Waals surface area contributed by atoms with Crippen molar-refractivity contribution in [3.05, 3.63) is 35.9 Å². The molecule has 15 heavy (non-hydrogen) atoms. The zero-order valence-corrected chi connectivity index (χ0v) is 9.87. The molecule has 0 fully saturated rings. The minimum Gasteiger partial charge on any atom is -0.390 e. The molecule has 3 heteroatoms. The van der Waals surface area contributed by atoms with Crippen molar-refractivity contribution in [2.24, 2.45) is 0 Å². The summed E-state index contributed by atoms with van der Waals surface area (Å²) in [6, 6.07) is 10.3. The zero-order chi connectivity index (χ0) is 10.9. The van der Waals surface area contributed by atoms with Crippen molar-refractivity contribution in [1.82, 2.24) is 0 Å². The highest BCUT2D eigenvalue weighted by atomic mass is 32.2. The molecule has 0 heterocycles. The number of ether oxygens (including phenoxy) is 1. The molecule has 1 unspecified atom stereocenters. The quantitative estimate of drug-likeness (QED) is 0.773. The van der Waals surface area contributed by atoms with Gasteiger partial charge in [0, 0.05) is 18.1 Å². The van der Waals surface area contributed by atoms with E-state index in [-0.39, 0.29) is 6.10 Å². The Labute approximate surface area is 95.7 Å². The van der Waals surface area contributed by atoms with Crippen LogP contribution in [-0.2, 0) is 10.5 Å². The van der Waals surface area contributed by atoms with Gasteiger partial charge in [0.2, 0.25) is 0 Å². The topological polar surface area (TPSA) is 29.5 Å². The van der Waals surface area contributed by atoms with Gasteiger partial charge in [0.15, 0.2) is 0 Å². The van der Waals surface area contributed by atoms with Crippen LogP contribution in [-0.4, -0.2) is 30.2 Å². The average Bonchev–Trinajstić information content (AvgIpc) is 2.28. The highest BCUT2D eigenvalue weighted by Crippen LogP contribution is 2.12. The van der Waals surface area contributed by atoms with E-state index in [1.165, 1.54) is 5.56 Å². The van der Waals surface area contributed by atoms with Crippen LogP contribution < -0.4 is 0 Å². The third-order valence-corrected chi connectivity index (χ3v) is 3.09. The van der Waals surface area contributed by atoms with E-state index in [4.69, 9.17) is 4.74 Å². The molecule has 1 atom stereocenters. The Morgan fingerprint density at radius 2 is 2.07 bits per heavy atom. The normalized spacial score (nSPS) is 12.7. The van der Waals surface area contributed by atoms with Gasteiger partial charge in [-0.15, -0.1) is 0 Å². The number of hydrogen-bond acceptors (Lipinski definition) is 3. The van der Waals surface area contributed by atoms with Crippen molar-refractivity contribution in [2.45, 2.75) is 18.8 Å². The molecule has 0 aliphatic heterocycles. The van der Waals surface area contributed by atoms with E-state index in [9.17, 15) is 5.11 Å². The van der Waals surface area contributed by atoms with Gasteiger partial charge >= 0.3 is 0 Å². The summed E-state index contributed by atoms with van der Waals surface area (Å²) in [6.45, 7) is 3.04. The maximum absolute atomic E-state index is 9.51. The smallest absolute Gasteiger partial charge is 0.0863 e. The van der Waals surface area contributed by atoms with Crippen LogP contribution in [0.2, 0.25) is 0 Å². The van der Waals surface area contributed by atoms with Gasteiger partial charge in [-0.25, -0.2) is 0 Å². The Hall–Kier alpha value is -0.510. The van der Waals surface area contributed by atoms with E-state index in [0.717, 1.165) is 11.5 Å².